The minimum Gasteiger partial charge on any atom is -0.385 e. The Labute approximate surface area is 194 Å². The zero-order chi connectivity index (χ0) is 24.5. The summed E-state index contributed by atoms with van der Waals surface area (Å²) in [5.74, 6) is -1.75. The van der Waals surface area contributed by atoms with Crippen LogP contribution >= 0.6 is 0 Å². The summed E-state index contributed by atoms with van der Waals surface area (Å²) < 4.78 is 43.9. The molecule has 0 aliphatic carbocycles. The van der Waals surface area contributed by atoms with Crippen LogP contribution in [-0.4, -0.2) is 61.6 Å². The van der Waals surface area contributed by atoms with E-state index in [1.54, 1.807) is 12.0 Å². The highest BCUT2D eigenvalue weighted by Gasteiger charge is 2.42. The standard InChI is InChI=1S/C24H38F3N3O3/c1-18(24(25,26)27)15-21(16-28)29-22(31)30-13-8-11-20(17-30)23(32,12-6-7-14-33-2)19-9-4-3-5-10-19/h3-5,9-10,18,20-21,32H,6-8,11-17,28H2,1-2H3,(H,29,31)/t18?,20-,21?,23?/m1/s1. The normalized spacial score (nSPS) is 20.7. The minimum atomic E-state index is -4.33. The number of urea groups is 1. The molecule has 0 bridgehead atoms. The Morgan fingerprint density at radius 1 is 1.30 bits per heavy atom. The van der Waals surface area contributed by atoms with Crippen molar-refractivity contribution in [2.24, 2.45) is 17.6 Å². The van der Waals surface area contributed by atoms with Gasteiger partial charge in [-0.1, -0.05) is 37.3 Å². The number of alkyl halides is 3. The SMILES string of the molecule is COCCCCC(O)(c1ccccc1)[C@@H]1CCCN(C(=O)NC(CN)CC(C)C(F)(F)F)C1. The minimum absolute atomic E-state index is 0.0725. The van der Waals surface area contributed by atoms with Crippen molar-refractivity contribution in [3.05, 3.63) is 35.9 Å². The van der Waals surface area contributed by atoms with Gasteiger partial charge in [-0.05, 0) is 44.1 Å². The first-order valence-electron chi connectivity index (χ1n) is 11.7. The lowest BCUT2D eigenvalue weighted by molar-refractivity contribution is -0.172. The first-order valence-corrected chi connectivity index (χ1v) is 11.7. The van der Waals surface area contributed by atoms with Gasteiger partial charge in [-0.25, -0.2) is 4.79 Å². The quantitative estimate of drug-likeness (QED) is 0.424. The Balaban J connectivity index is 2.09. The predicted octanol–water partition coefficient (Wildman–Crippen LogP) is 4.03. The molecule has 1 heterocycles. The molecule has 1 fully saturated rings. The predicted molar refractivity (Wildman–Crippen MR) is 122 cm³/mol. The number of piperidine rings is 1. The summed E-state index contributed by atoms with van der Waals surface area (Å²) in [4.78, 5) is 14.5. The number of carbonyl (C=O) groups excluding carboxylic acids is 1. The summed E-state index contributed by atoms with van der Waals surface area (Å²) in [5.41, 5.74) is 5.35. The fourth-order valence-electron chi connectivity index (χ4n) is 4.54. The molecule has 0 aromatic heterocycles. The number of aliphatic hydroxyl groups is 1. The number of methoxy groups -OCH3 is 1. The van der Waals surface area contributed by atoms with E-state index in [1.165, 1.54) is 0 Å². The van der Waals surface area contributed by atoms with E-state index in [9.17, 15) is 23.1 Å². The number of nitrogens with two attached hydrogens (primary N) is 1. The van der Waals surface area contributed by atoms with Crippen LogP contribution in [0.3, 0.4) is 0 Å². The highest BCUT2D eigenvalue weighted by atomic mass is 19.4. The van der Waals surface area contributed by atoms with Crippen molar-refractivity contribution in [1.82, 2.24) is 10.2 Å². The van der Waals surface area contributed by atoms with Crippen LogP contribution in [0.25, 0.3) is 0 Å². The number of hydrogen-bond donors (Lipinski definition) is 3. The number of likely N-dealkylation sites (tertiary alicyclic amines) is 1. The molecule has 4 atom stereocenters. The molecule has 33 heavy (non-hydrogen) atoms. The lowest BCUT2D eigenvalue weighted by atomic mass is 9.74. The summed E-state index contributed by atoms with van der Waals surface area (Å²) in [7, 11) is 1.64. The fraction of sp³-hybridized carbons (Fsp3) is 0.708. The van der Waals surface area contributed by atoms with Crippen LogP contribution in [0.15, 0.2) is 30.3 Å². The molecule has 2 amide bonds. The highest BCUT2D eigenvalue weighted by molar-refractivity contribution is 5.74. The Bertz CT molecular complexity index is 720. The van der Waals surface area contributed by atoms with E-state index >= 15 is 0 Å². The van der Waals surface area contributed by atoms with Gasteiger partial charge in [0.15, 0.2) is 0 Å². The van der Waals surface area contributed by atoms with Crippen molar-refractivity contribution in [3.63, 3.8) is 0 Å². The van der Waals surface area contributed by atoms with Crippen LogP contribution in [0.5, 0.6) is 0 Å². The number of nitrogens with zero attached hydrogens (tertiary/aromatic N) is 1. The second-order valence-electron chi connectivity index (χ2n) is 9.09. The van der Waals surface area contributed by atoms with E-state index < -0.39 is 29.8 Å². The molecule has 6 nitrogen and oxygen atoms in total. The van der Waals surface area contributed by atoms with Crippen molar-refractivity contribution in [2.75, 3.05) is 33.4 Å². The number of halogens is 3. The average Bonchev–Trinajstić information content (AvgIpc) is 2.81. The summed E-state index contributed by atoms with van der Waals surface area (Å²) in [6.45, 7) is 2.45. The van der Waals surface area contributed by atoms with Crippen molar-refractivity contribution >= 4 is 6.03 Å². The van der Waals surface area contributed by atoms with E-state index in [-0.39, 0.29) is 18.9 Å². The monoisotopic (exact) mass is 473 g/mol. The van der Waals surface area contributed by atoms with E-state index in [2.05, 4.69) is 5.32 Å². The lowest BCUT2D eigenvalue weighted by Gasteiger charge is -2.43. The Kier molecular flexibility index (Phi) is 10.4. The number of nitrogens with one attached hydrogen (secondary N) is 1. The molecule has 0 spiro atoms. The van der Waals surface area contributed by atoms with Crippen molar-refractivity contribution in [2.45, 2.75) is 63.3 Å². The van der Waals surface area contributed by atoms with Crippen molar-refractivity contribution in [3.8, 4) is 0 Å². The second kappa shape index (κ2) is 12.6. The van der Waals surface area contributed by atoms with Gasteiger partial charge in [-0.15, -0.1) is 0 Å². The molecule has 1 aromatic carbocycles. The molecule has 1 aromatic rings. The molecule has 1 saturated heterocycles. The van der Waals surface area contributed by atoms with E-state index in [0.29, 0.717) is 32.5 Å². The summed E-state index contributed by atoms with van der Waals surface area (Å²) in [5, 5.41) is 14.5. The van der Waals surface area contributed by atoms with Crippen LogP contribution in [0, 0.1) is 11.8 Å². The molecule has 3 unspecified atom stereocenters. The number of benzene rings is 1. The molecule has 0 saturated carbocycles. The van der Waals surface area contributed by atoms with Crippen LogP contribution in [0.4, 0.5) is 18.0 Å². The zero-order valence-electron chi connectivity index (χ0n) is 19.6. The topological polar surface area (TPSA) is 87.8 Å². The molecule has 1 aliphatic heterocycles. The van der Waals surface area contributed by atoms with Gasteiger partial charge in [0.2, 0.25) is 0 Å². The van der Waals surface area contributed by atoms with E-state index in [1.807, 2.05) is 30.3 Å². The number of ether oxygens (including phenoxy) is 1. The number of carbonyl (C=O) groups is 1. The van der Waals surface area contributed by atoms with Gasteiger partial charge >= 0.3 is 12.2 Å². The number of hydrogen-bond acceptors (Lipinski definition) is 4. The van der Waals surface area contributed by atoms with Gasteiger partial charge in [0.25, 0.3) is 0 Å². The van der Waals surface area contributed by atoms with Crippen LogP contribution in [0.1, 0.15) is 51.0 Å². The van der Waals surface area contributed by atoms with Gasteiger partial charge in [-0.2, -0.15) is 13.2 Å². The van der Waals surface area contributed by atoms with E-state index in [4.69, 9.17) is 10.5 Å². The number of amides is 2. The maximum atomic E-state index is 12.9. The Morgan fingerprint density at radius 3 is 2.61 bits per heavy atom. The molecule has 1 aliphatic rings. The van der Waals surface area contributed by atoms with Crippen LogP contribution < -0.4 is 11.1 Å². The second-order valence-corrected chi connectivity index (χ2v) is 9.09. The molecular weight excluding hydrogens is 435 g/mol. The molecular formula is C24H38F3N3O3. The first kappa shape index (κ1) is 27.4. The fourth-order valence-corrected chi connectivity index (χ4v) is 4.54. The largest absolute Gasteiger partial charge is 0.391 e. The smallest absolute Gasteiger partial charge is 0.385 e. The Hall–Kier alpha value is -1.84. The van der Waals surface area contributed by atoms with Gasteiger partial charge < -0.3 is 25.8 Å². The third-order valence-electron chi connectivity index (χ3n) is 6.62. The number of unbranched alkanes of at least 4 members (excludes halogenated alkanes) is 1. The lowest BCUT2D eigenvalue weighted by Crippen LogP contribution is -2.54. The van der Waals surface area contributed by atoms with Gasteiger partial charge in [-0.3, -0.25) is 0 Å². The van der Waals surface area contributed by atoms with Crippen molar-refractivity contribution < 1.29 is 27.8 Å². The number of rotatable bonds is 11. The van der Waals surface area contributed by atoms with Gasteiger partial charge in [0.1, 0.15) is 0 Å². The summed E-state index contributed by atoms with van der Waals surface area (Å²) >= 11 is 0. The third kappa shape index (κ3) is 7.86. The summed E-state index contributed by atoms with van der Waals surface area (Å²) in [6, 6.07) is 8.27. The zero-order valence-corrected chi connectivity index (χ0v) is 19.6. The van der Waals surface area contributed by atoms with Crippen LogP contribution in [0.2, 0.25) is 0 Å². The summed E-state index contributed by atoms with van der Waals surface area (Å²) in [6.07, 6.45) is -1.01. The van der Waals surface area contributed by atoms with Gasteiger partial charge in [0, 0.05) is 45.3 Å². The highest BCUT2D eigenvalue weighted by Crippen LogP contribution is 2.39. The van der Waals surface area contributed by atoms with E-state index in [0.717, 1.165) is 31.7 Å². The maximum absolute atomic E-state index is 12.9. The van der Waals surface area contributed by atoms with Gasteiger partial charge in [0.05, 0.1) is 11.5 Å². The molecule has 188 valence electrons. The average molecular weight is 474 g/mol. The molecule has 4 N–H and O–H groups in total. The van der Waals surface area contributed by atoms with Crippen molar-refractivity contribution in [1.29, 1.82) is 0 Å². The first-order chi connectivity index (χ1) is 15.6. The maximum Gasteiger partial charge on any atom is 0.391 e. The molecule has 0 radical (unpaired) electrons. The van der Waals surface area contributed by atoms with Crippen LogP contribution in [-0.2, 0) is 10.3 Å². The molecule has 9 heteroatoms. The molecule has 2 rings (SSSR count). The third-order valence-corrected chi connectivity index (χ3v) is 6.62. The Morgan fingerprint density at radius 2 is 2.00 bits per heavy atom.